The Morgan fingerprint density at radius 2 is 1.77 bits per heavy atom. The van der Waals surface area contributed by atoms with Gasteiger partial charge in [-0.2, -0.15) is 13.2 Å². The van der Waals surface area contributed by atoms with E-state index in [2.05, 4.69) is 0 Å². The number of alkyl halides is 3. The third kappa shape index (κ3) is 6.20. The summed E-state index contributed by atoms with van der Waals surface area (Å²) in [5.74, 6) is -3.31. The minimum absolute atomic E-state index is 0.0544. The van der Waals surface area contributed by atoms with E-state index in [1.54, 1.807) is 23.3 Å². The predicted octanol–water partition coefficient (Wildman–Crippen LogP) is 4.43. The van der Waals surface area contributed by atoms with Crippen molar-refractivity contribution >= 4 is 32.7 Å². The van der Waals surface area contributed by atoms with E-state index in [1.807, 2.05) is 4.57 Å². The molecule has 1 aliphatic heterocycles. The Morgan fingerprint density at radius 3 is 2.42 bits per heavy atom. The van der Waals surface area contributed by atoms with Crippen molar-refractivity contribution in [3.05, 3.63) is 47.9 Å². The van der Waals surface area contributed by atoms with Crippen LogP contribution in [0.3, 0.4) is 0 Å². The van der Waals surface area contributed by atoms with Gasteiger partial charge < -0.3 is 18.6 Å². The Hall–Kier alpha value is -3.32. The molecule has 1 aromatic carbocycles. The van der Waals surface area contributed by atoms with Crippen LogP contribution >= 0.6 is 0 Å². The number of carbonyl (C=O) groups is 2. The van der Waals surface area contributed by atoms with Gasteiger partial charge in [-0.05, 0) is 42.5 Å². The van der Waals surface area contributed by atoms with Gasteiger partial charge in [-0.3, -0.25) is 9.59 Å². The molecule has 2 aliphatic rings. The van der Waals surface area contributed by atoms with Crippen LogP contribution in [0.5, 0.6) is 0 Å². The fourth-order valence-corrected chi connectivity index (χ4v) is 6.60. The molecule has 1 N–H and O–H groups in total. The van der Waals surface area contributed by atoms with Crippen LogP contribution in [0.4, 0.5) is 13.2 Å². The number of fused-ring (bicyclic) bond motifs is 1. The lowest BCUT2D eigenvalue weighted by Gasteiger charge is -2.27. The molecule has 9 nitrogen and oxygen atoms in total. The first-order valence-corrected chi connectivity index (χ1v) is 14.8. The van der Waals surface area contributed by atoms with E-state index in [0.717, 1.165) is 54.3 Å². The van der Waals surface area contributed by atoms with Gasteiger partial charge in [0, 0.05) is 29.6 Å². The molecule has 0 bridgehead atoms. The molecule has 216 valence electrons. The van der Waals surface area contributed by atoms with E-state index in [0.29, 0.717) is 31.8 Å². The summed E-state index contributed by atoms with van der Waals surface area (Å²) in [5.41, 5.74) is 2.93. The molecule has 0 atom stereocenters. The molecular weight excluding hydrogens is 551 g/mol. The van der Waals surface area contributed by atoms with E-state index in [1.165, 1.54) is 23.1 Å². The van der Waals surface area contributed by atoms with Crippen molar-refractivity contribution < 1.29 is 40.3 Å². The molecule has 1 saturated heterocycles. The first-order valence-electron chi connectivity index (χ1n) is 13.2. The van der Waals surface area contributed by atoms with Gasteiger partial charge in [0.15, 0.2) is 5.75 Å². The van der Waals surface area contributed by atoms with Gasteiger partial charge >= 0.3 is 6.18 Å². The number of amides is 2. The first-order chi connectivity index (χ1) is 19.0. The summed E-state index contributed by atoms with van der Waals surface area (Å²) < 4.78 is 76.2. The van der Waals surface area contributed by atoms with E-state index >= 15 is 0 Å². The minimum Gasteiger partial charge on any atom is -0.472 e. The van der Waals surface area contributed by atoms with E-state index in [-0.39, 0.29) is 23.9 Å². The predicted molar refractivity (Wildman–Crippen MR) is 140 cm³/mol. The molecule has 1 aliphatic carbocycles. The fraction of sp³-hybridized carbons (Fsp3) is 0.481. The summed E-state index contributed by atoms with van der Waals surface area (Å²) in [4.78, 5) is 27.9. The van der Waals surface area contributed by atoms with Crippen LogP contribution in [0, 0.1) is 0 Å². The Labute approximate surface area is 229 Å². The number of benzene rings is 1. The van der Waals surface area contributed by atoms with Crippen molar-refractivity contribution in [1.29, 1.82) is 0 Å². The lowest BCUT2D eigenvalue weighted by atomic mass is 9.82. The van der Waals surface area contributed by atoms with Gasteiger partial charge in [0.25, 0.3) is 5.91 Å². The van der Waals surface area contributed by atoms with Crippen molar-refractivity contribution in [2.45, 2.75) is 50.7 Å². The average molecular weight is 582 g/mol. The fourth-order valence-electron chi connectivity index (χ4n) is 5.70. The highest BCUT2D eigenvalue weighted by Gasteiger charge is 2.36. The molecule has 13 heteroatoms. The number of hydrogen-bond donors (Lipinski definition) is 1. The molecule has 3 aromatic rings. The molecule has 2 fully saturated rings. The number of sulfonamides is 1. The number of nitrogens with zero attached hydrogens (tertiary/aromatic N) is 2. The zero-order chi connectivity index (χ0) is 28.5. The Morgan fingerprint density at radius 1 is 1.05 bits per heavy atom. The van der Waals surface area contributed by atoms with Crippen molar-refractivity contribution in [3.8, 4) is 11.3 Å². The summed E-state index contributed by atoms with van der Waals surface area (Å²) in [7, 11) is -4.96. The Bertz CT molecular complexity index is 1490. The van der Waals surface area contributed by atoms with Crippen molar-refractivity contribution in [2.24, 2.45) is 0 Å². The van der Waals surface area contributed by atoms with Gasteiger partial charge in [0.1, 0.15) is 6.54 Å². The van der Waals surface area contributed by atoms with E-state index in [4.69, 9.17) is 9.15 Å². The van der Waals surface area contributed by atoms with Gasteiger partial charge in [-0.25, -0.2) is 13.1 Å². The number of halogens is 3. The second-order valence-electron chi connectivity index (χ2n) is 10.2. The zero-order valence-electron chi connectivity index (χ0n) is 21.7. The highest BCUT2D eigenvalue weighted by molar-refractivity contribution is 7.90. The quantitative estimate of drug-likeness (QED) is 0.442. The largest absolute Gasteiger partial charge is 0.472 e. The molecule has 3 heterocycles. The number of furan rings is 1. The van der Waals surface area contributed by atoms with Crippen LogP contribution < -0.4 is 4.72 Å². The summed E-state index contributed by atoms with van der Waals surface area (Å²) in [6.07, 6.45) is 3.24. The Balaban J connectivity index is 1.62. The second kappa shape index (κ2) is 11.3. The summed E-state index contributed by atoms with van der Waals surface area (Å²) in [5, 5.41) is 0.799. The van der Waals surface area contributed by atoms with Crippen LogP contribution in [-0.4, -0.2) is 67.9 Å². The van der Waals surface area contributed by atoms with E-state index in [9.17, 15) is 31.2 Å². The molecule has 40 heavy (non-hydrogen) atoms. The van der Waals surface area contributed by atoms with Gasteiger partial charge in [-0.15, -0.1) is 0 Å². The highest BCUT2D eigenvalue weighted by atomic mass is 32.2. The number of morpholine rings is 1. The van der Waals surface area contributed by atoms with Crippen LogP contribution in [0.1, 0.15) is 53.9 Å². The molecule has 2 amide bonds. The van der Waals surface area contributed by atoms with Crippen molar-refractivity contribution in [1.82, 2.24) is 14.2 Å². The van der Waals surface area contributed by atoms with Crippen LogP contribution in [0.15, 0.2) is 41.2 Å². The lowest BCUT2D eigenvalue weighted by molar-refractivity contribution is -0.135. The monoisotopic (exact) mass is 581 g/mol. The lowest BCUT2D eigenvalue weighted by Crippen LogP contribution is -2.42. The second-order valence-corrected chi connectivity index (χ2v) is 11.9. The highest BCUT2D eigenvalue weighted by Crippen LogP contribution is 2.44. The average Bonchev–Trinajstić information content (AvgIpc) is 3.54. The van der Waals surface area contributed by atoms with Crippen LogP contribution in [0.2, 0.25) is 0 Å². The normalized spacial score (nSPS) is 17.3. The molecular formula is C27H30F3N3O6S. The SMILES string of the molecule is O=C(NS(=O)(=O)CC(F)(F)F)c1ccc2c(C3CCCCC3)c(-c3ccoc3)n(CC(=O)N3CCOCC3)c2c1. The van der Waals surface area contributed by atoms with Gasteiger partial charge in [0.2, 0.25) is 15.9 Å². The van der Waals surface area contributed by atoms with Crippen molar-refractivity contribution in [2.75, 3.05) is 32.1 Å². The topological polar surface area (TPSA) is 111 Å². The number of rotatable bonds is 7. The smallest absolute Gasteiger partial charge is 0.404 e. The van der Waals surface area contributed by atoms with E-state index < -0.39 is 27.9 Å². The molecule has 2 aromatic heterocycles. The number of hydrogen-bond acceptors (Lipinski definition) is 6. The summed E-state index contributed by atoms with van der Waals surface area (Å²) in [6, 6.07) is 6.33. The third-order valence-corrected chi connectivity index (χ3v) is 8.64. The molecule has 0 unspecified atom stereocenters. The summed E-state index contributed by atoms with van der Waals surface area (Å²) in [6.45, 7) is 1.69. The molecule has 0 spiro atoms. The minimum atomic E-state index is -5.00. The Kier molecular flexibility index (Phi) is 7.96. The van der Waals surface area contributed by atoms with Gasteiger partial charge in [-0.1, -0.05) is 25.3 Å². The number of ether oxygens (including phenoxy) is 1. The third-order valence-electron chi connectivity index (χ3n) is 7.43. The first kappa shape index (κ1) is 28.2. The molecule has 0 radical (unpaired) electrons. The number of nitrogens with one attached hydrogen (secondary N) is 1. The standard InChI is InChI=1S/C27H30F3N3O6S/c28-27(29,30)17-40(36,37)31-26(35)19-6-7-21-22(14-19)33(15-23(34)32-9-12-38-13-10-32)25(20-8-11-39-16-20)24(21)18-4-2-1-3-5-18/h6-8,11,14,16,18H,1-5,9-10,12-13,15,17H2,(H,31,35). The maximum absolute atomic E-state index is 13.4. The summed E-state index contributed by atoms with van der Waals surface area (Å²) >= 11 is 0. The maximum atomic E-state index is 13.4. The number of carbonyl (C=O) groups excluding carboxylic acids is 2. The van der Waals surface area contributed by atoms with Crippen molar-refractivity contribution in [3.63, 3.8) is 0 Å². The molecule has 5 rings (SSSR count). The maximum Gasteiger partial charge on any atom is 0.404 e. The number of aromatic nitrogens is 1. The van der Waals surface area contributed by atoms with Gasteiger partial charge in [0.05, 0.1) is 37.0 Å². The van der Waals surface area contributed by atoms with Crippen LogP contribution in [-0.2, 0) is 26.1 Å². The van der Waals surface area contributed by atoms with Crippen LogP contribution in [0.25, 0.3) is 22.2 Å². The zero-order valence-corrected chi connectivity index (χ0v) is 22.5. The molecule has 1 saturated carbocycles.